The molecule has 0 spiro atoms. The zero-order valence-corrected chi connectivity index (χ0v) is 13.7. The molecule has 0 saturated heterocycles. The number of rotatable bonds is 5. The van der Waals surface area contributed by atoms with Gasteiger partial charge < -0.3 is 4.74 Å². The van der Waals surface area contributed by atoms with E-state index in [0.717, 1.165) is 35.1 Å². The van der Waals surface area contributed by atoms with Crippen molar-refractivity contribution in [1.82, 2.24) is 0 Å². The molecule has 0 N–H and O–H groups in total. The van der Waals surface area contributed by atoms with Crippen LogP contribution in [-0.2, 0) is 9.53 Å². The number of allylic oxidation sites excluding steroid dienone is 1. The summed E-state index contributed by atoms with van der Waals surface area (Å²) in [5.74, 6) is 0.124. The van der Waals surface area contributed by atoms with Crippen LogP contribution in [0.3, 0.4) is 0 Å². The molecule has 23 heavy (non-hydrogen) atoms. The van der Waals surface area contributed by atoms with Crippen molar-refractivity contribution in [3.8, 4) is 0 Å². The Morgan fingerprint density at radius 3 is 2.00 bits per heavy atom. The highest BCUT2D eigenvalue weighted by Gasteiger charge is 2.42. The summed E-state index contributed by atoms with van der Waals surface area (Å²) in [5, 5.41) is 0. The molecule has 0 radical (unpaired) electrons. The Morgan fingerprint density at radius 2 is 1.48 bits per heavy atom. The van der Waals surface area contributed by atoms with E-state index in [2.05, 4.69) is 19.1 Å². The second-order valence-corrected chi connectivity index (χ2v) is 5.94. The molecule has 2 aromatic rings. The van der Waals surface area contributed by atoms with Crippen LogP contribution in [0.4, 0.5) is 0 Å². The van der Waals surface area contributed by atoms with Gasteiger partial charge in [-0.25, -0.2) is 0 Å². The van der Waals surface area contributed by atoms with Gasteiger partial charge in [0, 0.05) is 18.3 Å². The smallest absolute Gasteiger partial charge is 0.169 e. The molecule has 118 valence electrons. The quantitative estimate of drug-likeness (QED) is 0.806. The van der Waals surface area contributed by atoms with Gasteiger partial charge in [-0.15, -0.1) is 0 Å². The van der Waals surface area contributed by atoms with Crippen molar-refractivity contribution in [3.05, 3.63) is 71.8 Å². The van der Waals surface area contributed by atoms with E-state index in [9.17, 15) is 4.79 Å². The first-order chi connectivity index (χ1) is 11.3. The highest BCUT2D eigenvalue weighted by atomic mass is 16.5. The lowest BCUT2D eigenvalue weighted by Crippen LogP contribution is -2.24. The summed E-state index contributed by atoms with van der Waals surface area (Å²) in [7, 11) is 1.71. The average molecular weight is 306 g/mol. The van der Waals surface area contributed by atoms with Crippen LogP contribution < -0.4 is 0 Å². The van der Waals surface area contributed by atoms with Gasteiger partial charge in [0.1, 0.15) is 0 Å². The van der Waals surface area contributed by atoms with Crippen LogP contribution in [0.5, 0.6) is 0 Å². The van der Waals surface area contributed by atoms with Crippen molar-refractivity contribution in [3.63, 3.8) is 0 Å². The van der Waals surface area contributed by atoms with E-state index in [-0.39, 0.29) is 17.8 Å². The minimum atomic E-state index is -0.167. The zero-order chi connectivity index (χ0) is 16.2. The Bertz CT molecular complexity index is 701. The van der Waals surface area contributed by atoms with Gasteiger partial charge in [0.2, 0.25) is 0 Å². The van der Waals surface area contributed by atoms with Gasteiger partial charge >= 0.3 is 0 Å². The van der Waals surface area contributed by atoms with Crippen LogP contribution >= 0.6 is 0 Å². The Labute approximate surface area is 137 Å². The molecule has 1 aliphatic rings. The summed E-state index contributed by atoms with van der Waals surface area (Å²) in [6.45, 7) is 2.11. The van der Waals surface area contributed by atoms with Crippen molar-refractivity contribution in [2.24, 2.45) is 5.92 Å². The summed E-state index contributed by atoms with van der Waals surface area (Å²) in [6.07, 6.45) is 1.66. The molecule has 0 amide bonds. The third-order valence-electron chi connectivity index (χ3n) is 4.50. The summed E-state index contributed by atoms with van der Waals surface area (Å²) in [5.41, 5.74) is 3.91. The maximum Gasteiger partial charge on any atom is 0.169 e. The van der Waals surface area contributed by atoms with E-state index in [1.54, 1.807) is 7.11 Å². The normalized spacial score (nSPS) is 21.0. The average Bonchev–Trinajstić information content (AvgIpc) is 2.89. The van der Waals surface area contributed by atoms with Gasteiger partial charge in [-0.1, -0.05) is 74.0 Å². The molecule has 0 saturated carbocycles. The first kappa shape index (κ1) is 15.7. The summed E-state index contributed by atoms with van der Waals surface area (Å²) < 4.78 is 5.79. The summed E-state index contributed by atoms with van der Waals surface area (Å²) in [6, 6.07) is 20.1. The molecule has 0 bridgehead atoms. The largest absolute Gasteiger partial charge is 0.376 e. The van der Waals surface area contributed by atoms with E-state index in [1.807, 2.05) is 48.5 Å². The molecule has 0 aliphatic heterocycles. The van der Waals surface area contributed by atoms with Crippen molar-refractivity contribution in [2.75, 3.05) is 7.11 Å². The SMILES string of the molecule is CCCC1C(=O)C(c2ccccc2)=C(c2ccccc2)C1OC. The molecule has 2 heteroatoms. The Morgan fingerprint density at radius 1 is 0.913 bits per heavy atom. The number of benzene rings is 2. The fourth-order valence-corrected chi connectivity index (χ4v) is 3.50. The highest BCUT2D eigenvalue weighted by molar-refractivity contribution is 6.33. The fourth-order valence-electron chi connectivity index (χ4n) is 3.50. The number of ether oxygens (including phenoxy) is 1. The first-order valence-electron chi connectivity index (χ1n) is 8.20. The molecule has 2 aromatic carbocycles. The highest BCUT2D eigenvalue weighted by Crippen LogP contribution is 2.43. The van der Waals surface area contributed by atoms with Crippen molar-refractivity contribution in [1.29, 1.82) is 0 Å². The minimum Gasteiger partial charge on any atom is -0.376 e. The van der Waals surface area contributed by atoms with Crippen LogP contribution in [0.2, 0.25) is 0 Å². The molecule has 1 aliphatic carbocycles. The maximum atomic E-state index is 13.1. The van der Waals surface area contributed by atoms with E-state index < -0.39 is 0 Å². The lowest BCUT2D eigenvalue weighted by atomic mass is 9.93. The predicted molar refractivity (Wildman–Crippen MR) is 93.9 cm³/mol. The molecule has 2 atom stereocenters. The number of hydrogen-bond donors (Lipinski definition) is 0. The van der Waals surface area contributed by atoms with Crippen LogP contribution in [0.25, 0.3) is 11.1 Å². The van der Waals surface area contributed by atoms with Gasteiger partial charge in [0.15, 0.2) is 5.78 Å². The Balaban J connectivity index is 2.19. The summed E-state index contributed by atoms with van der Waals surface area (Å²) >= 11 is 0. The monoisotopic (exact) mass is 306 g/mol. The van der Waals surface area contributed by atoms with Gasteiger partial charge in [-0.2, -0.15) is 0 Å². The molecule has 3 rings (SSSR count). The fraction of sp³-hybridized carbons (Fsp3) is 0.286. The number of carbonyl (C=O) groups excluding carboxylic acids is 1. The zero-order valence-electron chi connectivity index (χ0n) is 13.7. The second-order valence-electron chi connectivity index (χ2n) is 5.94. The Hall–Kier alpha value is -2.19. The predicted octanol–water partition coefficient (Wildman–Crippen LogP) is 4.61. The van der Waals surface area contributed by atoms with Crippen molar-refractivity contribution in [2.45, 2.75) is 25.9 Å². The minimum absolute atomic E-state index is 0.0876. The van der Waals surface area contributed by atoms with Crippen molar-refractivity contribution >= 4 is 16.9 Å². The standard InChI is InChI=1S/C21H22O2/c1-3-10-17-20(22)18(15-11-6-4-7-12-15)19(21(17)23-2)16-13-8-5-9-14-16/h4-9,11-14,17,21H,3,10H2,1-2H3. The van der Waals surface area contributed by atoms with Crippen molar-refractivity contribution < 1.29 is 9.53 Å². The molecular weight excluding hydrogens is 284 g/mol. The molecule has 0 aromatic heterocycles. The lowest BCUT2D eigenvalue weighted by molar-refractivity contribution is -0.119. The number of carbonyl (C=O) groups is 1. The van der Waals surface area contributed by atoms with Gasteiger partial charge in [-0.05, 0) is 17.5 Å². The van der Waals surface area contributed by atoms with Crippen LogP contribution in [-0.4, -0.2) is 19.0 Å². The molecule has 0 heterocycles. The first-order valence-corrected chi connectivity index (χ1v) is 8.20. The van der Waals surface area contributed by atoms with E-state index in [4.69, 9.17) is 4.74 Å². The summed E-state index contributed by atoms with van der Waals surface area (Å²) in [4.78, 5) is 13.1. The van der Waals surface area contributed by atoms with E-state index >= 15 is 0 Å². The Kier molecular flexibility index (Phi) is 4.73. The lowest BCUT2D eigenvalue weighted by Gasteiger charge is -2.20. The van der Waals surface area contributed by atoms with Crippen LogP contribution in [0, 0.1) is 5.92 Å². The molecule has 2 nitrogen and oxygen atoms in total. The molecule has 2 unspecified atom stereocenters. The second kappa shape index (κ2) is 6.93. The maximum absolute atomic E-state index is 13.1. The third-order valence-corrected chi connectivity index (χ3v) is 4.50. The molecular formula is C21H22O2. The number of hydrogen-bond acceptors (Lipinski definition) is 2. The number of ketones is 1. The van der Waals surface area contributed by atoms with E-state index in [1.165, 1.54) is 0 Å². The number of methoxy groups -OCH3 is 1. The van der Waals surface area contributed by atoms with Gasteiger partial charge in [0.25, 0.3) is 0 Å². The van der Waals surface area contributed by atoms with Gasteiger partial charge in [-0.3, -0.25) is 4.79 Å². The third kappa shape index (κ3) is 2.87. The molecule has 0 fully saturated rings. The van der Waals surface area contributed by atoms with Crippen LogP contribution in [0.1, 0.15) is 30.9 Å². The van der Waals surface area contributed by atoms with E-state index in [0.29, 0.717) is 0 Å². The van der Waals surface area contributed by atoms with Gasteiger partial charge in [0.05, 0.1) is 12.0 Å². The van der Waals surface area contributed by atoms with Crippen LogP contribution in [0.15, 0.2) is 60.7 Å². The number of Topliss-reactive ketones (excluding diaryl/α,β-unsaturated/α-hetero) is 1. The topological polar surface area (TPSA) is 26.3 Å².